The number of carbonyl (C=O) groups excluding carboxylic acids is 2. The Bertz CT molecular complexity index is 452. The first-order valence-corrected chi connectivity index (χ1v) is 6.81. The van der Waals surface area contributed by atoms with E-state index in [2.05, 4.69) is 4.74 Å². The molecule has 0 aliphatic carbocycles. The molecule has 11 nitrogen and oxygen atoms in total. The Balaban J connectivity index is 2.09. The summed E-state index contributed by atoms with van der Waals surface area (Å²) in [6, 6.07) is 0. The minimum Gasteiger partial charge on any atom is -0.449 e. The third-order valence-electron chi connectivity index (χ3n) is 3.69. The van der Waals surface area contributed by atoms with Crippen LogP contribution in [0, 0.1) is 0 Å². The Morgan fingerprint density at radius 3 is 2.17 bits per heavy atom. The van der Waals surface area contributed by atoms with E-state index in [4.69, 9.17) is 14.6 Å². The average Bonchev–Trinajstić information content (AvgIpc) is 2.79. The van der Waals surface area contributed by atoms with E-state index in [1.54, 1.807) is 0 Å². The minimum absolute atomic E-state index is 0.690. The molecule has 132 valence electrons. The molecule has 0 saturated carbocycles. The number of ketones is 1. The lowest BCUT2D eigenvalue weighted by Gasteiger charge is -2.40. The molecule has 2 heterocycles. The van der Waals surface area contributed by atoms with E-state index in [1.807, 2.05) is 0 Å². The molecule has 1 unspecified atom stereocenters. The van der Waals surface area contributed by atoms with Crippen molar-refractivity contribution in [2.24, 2.45) is 0 Å². The predicted molar refractivity (Wildman–Crippen MR) is 66.6 cm³/mol. The molecule has 2 saturated heterocycles. The van der Waals surface area contributed by atoms with Gasteiger partial charge >= 0.3 is 5.97 Å². The molecule has 2 aliphatic rings. The van der Waals surface area contributed by atoms with Gasteiger partial charge in [-0.05, 0) is 0 Å². The lowest BCUT2D eigenvalue weighted by molar-refractivity contribution is -0.317. The highest BCUT2D eigenvalue weighted by Crippen LogP contribution is 2.25. The van der Waals surface area contributed by atoms with E-state index >= 15 is 0 Å². The first-order valence-electron chi connectivity index (χ1n) is 6.81. The minimum atomic E-state index is -1.99. The molecule has 8 atom stereocenters. The number of cyclic esters (lactones) is 1. The number of hydrogen-bond acceptors (Lipinski definition) is 11. The van der Waals surface area contributed by atoms with Crippen LogP contribution >= 0.6 is 0 Å². The molecule has 23 heavy (non-hydrogen) atoms. The normalized spacial score (nSPS) is 42.6. The van der Waals surface area contributed by atoms with Crippen molar-refractivity contribution in [1.29, 1.82) is 0 Å². The smallest absolute Gasteiger partial charge is 0.343 e. The van der Waals surface area contributed by atoms with Crippen molar-refractivity contribution in [1.82, 2.24) is 0 Å². The summed E-state index contributed by atoms with van der Waals surface area (Å²) in [4.78, 5) is 22.8. The quantitative estimate of drug-likeness (QED) is 0.208. The molecule has 0 bridgehead atoms. The summed E-state index contributed by atoms with van der Waals surface area (Å²) in [7, 11) is 0. The molecule has 0 aromatic heterocycles. The van der Waals surface area contributed by atoms with Gasteiger partial charge in [-0.2, -0.15) is 0 Å². The monoisotopic (exact) mass is 338 g/mol. The molecule has 2 aliphatic heterocycles. The molecular weight excluding hydrogens is 320 g/mol. The van der Waals surface area contributed by atoms with Crippen LogP contribution in [0.3, 0.4) is 0 Å². The molecule has 2 fully saturated rings. The fraction of sp³-hybridized carbons (Fsp3) is 0.833. The highest BCUT2D eigenvalue weighted by Gasteiger charge is 2.50. The van der Waals surface area contributed by atoms with Crippen LogP contribution in [0.5, 0.6) is 0 Å². The van der Waals surface area contributed by atoms with Gasteiger partial charge in [0.25, 0.3) is 0 Å². The van der Waals surface area contributed by atoms with Gasteiger partial charge in [-0.3, -0.25) is 4.79 Å². The maximum Gasteiger partial charge on any atom is 0.343 e. The molecule has 0 aromatic rings. The van der Waals surface area contributed by atoms with Crippen LogP contribution in [-0.4, -0.2) is 105 Å². The van der Waals surface area contributed by atoms with Gasteiger partial charge in [0.1, 0.15) is 30.5 Å². The van der Waals surface area contributed by atoms with Crippen LogP contribution in [0.2, 0.25) is 0 Å². The SMILES string of the molecule is O=C1O[C@H]([C@H](CO)O[C@@H]2O[C@H](CO)[C@@H](O)[C@H](O)[C@H]2O)C(=O)C1O. The van der Waals surface area contributed by atoms with E-state index in [0.29, 0.717) is 0 Å². The van der Waals surface area contributed by atoms with Gasteiger partial charge in [-0.25, -0.2) is 4.79 Å². The number of ether oxygens (including phenoxy) is 3. The van der Waals surface area contributed by atoms with Gasteiger partial charge in [0.05, 0.1) is 13.2 Å². The van der Waals surface area contributed by atoms with Crippen molar-refractivity contribution in [3.8, 4) is 0 Å². The van der Waals surface area contributed by atoms with Gasteiger partial charge in [0.2, 0.25) is 11.9 Å². The van der Waals surface area contributed by atoms with Crippen molar-refractivity contribution in [3.63, 3.8) is 0 Å². The summed E-state index contributed by atoms with van der Waals surface area (Å²) in [5.41, 5.74) is 0. The summed E-state index contributed by atoms with van der Waals surface area (Å²) in [6.45, 7) is -1.52. The van der Waals surface area contributed by atoms with E-state index in [0.717, 1.165) is 0 Å². The van der Waals surface area contributed by atoms with Crippen molar-refractivity contribution in [2.45, 2.75) is 49.0 Å². The van der Waals surface area contributed by atoms with Crippen molar-refractivity contribution in [3.05, 3.63) is 0 Å². The number of esters is 1. The maximum absolute atomic E-state index is 11.7. The Labute approximate surface area is 129 Å². The second-order valence-corrected chi connectivity index (χ2v) is 5.22. The fourth-order valence-corrected chi connectivity index (χ4v) is 2.34. The van der Waals surface area contributed by atoms with Crippen LogP contribution in [0.25, 0.3) is 0 Å². The van der Waals surface area contributed by atoms with Crippen LogP contribution in [0.15, 0.2) is 0 Å². The third kappa shape index (κ3) is 3.36. The van der Waals surface area contributed by atoms with Crippen LogP contribution in [0.4, 0.5) is 0 Å². The van der Waals surface area contributed by atoms with Gasteiger partial charge in [-0.15, -0.1) is 0 Å². The second-order valence-electron chi connectivity index (χ2n) is 5.22. The number of rotatable bonds is 5. The molecule has 0 spiro atoms. The highest BCUT2D eigenvalue weighted by atomic mass is 16.7. The summed E-state index contributed by atoms with van der Waals surface area (Å²) >= 11 is 0. The highest BCUT2D eigenvalue weighted by molar-refractivity contribution is 6.09. The van der Waals surface area contributed by atoms with Crippen LogP contribution < -0.4 is 0 Å². The van der Waals surface area contributed by atoms with Crippen molar-refractivity contribution >= 4 is 11.8 Å². The average molecular weight is 338 g/mol. The molecule has 0 aromatic carbocycles. The van der Waals surface area contributed by atoms with E-state index in [1.165, 1.54) is 0 Å². The van der Waals surface area contributed by atoms with Gasteiger partial charge in [0.15, 0.2) is 12.4 Å². The van der Waals surface area contributed by atoms with E-state index in [-0.39, 0.29) is 0 Å². The standard InChI is InChI=1S/C12H18O11/c13-1-3-5(15)6(16)9(19)12(21-3)22-4(2-14)10-7(17)8(18)11(20)23-10/h3-6,8-10,12-16,18-19H,1-2H2/t3-,4+,5-,6+,8?,9-,10-,12+/m1/s1. The van der Waals surface area contributed by atoms with E-state index in [9.17, 15) is 35.1 Å². The lowest BCUT2D eigenvalue weighted by atomic mass is 9.99. The summed E-state index contributed by atoms with van der Waals surface area (Å²) in [5.74, 6) is -2.23. The molecule has 0 amide bonds. The van der Waals surface area contributed by atoms with E-state index < -0.39 is 74.0 Å². The zero-order valence-corrected chi connectivity index (χ0v) is 11.8. The second kappa shape index (κ2) is 7.15. The largest absolute Gasteiger partial charge is 0.449 e. The Kier molecular flexibility index (Phi) is 5.65. The Hall–Kier alpha value is -1.18. The Morgan fingerprint density at radius 2 is 1.70 bits per heavy atom. The summed E-state index contributed by atoms with van der Waals surface area (Å²) < 4.78 is 14.8. The molecule has 0 radical (unpaired) electrons. The van der Waals surface area contributed by atoms with Crippen LogP contribution in [-0.2, 0) is 23.8 Å². The third-order valence-corrected chi connectivity index (χ3v) is 3.69. The number of hydrogen-bond donors (Lipinski definition) is 6. The lowest BCUT2D eigenvalue weighted by Crippen LogP contribution is -2.60. The van der Waals surface area contributed by atoms with Crippen LogP contribution in [0.1, 0.15) is 0 Å². The number of carbonyl (C=O) groups is 2. The fourth-order valence-electron chi connectivity index (χ4n) is 2.34. The zero-order chi connectivity index (χ0) is 17.3. The van der Waals surface area contributed by atoms with Crippen molar-refractivity contribution in [2.75, 3.05) is 13.2 Å². The van der Waals surface area contributed by atoms with Gasteiger partial charge in [0, 0.05) is 0 Å². The summed E-state index contributed by atoms with van der Waals surface area (Å²) in [6.07, 6.45) is -13.0. The molecule has 6 N–H and O–H groups in total. The number of Topliss-reactive ketones (excluding diaryl/α,β-unsaturated/α-hetero) is 1. The molecular formula is C12H18O11. The molecule has 11 heteroatoms. The van der Waals surface area contributed by atoms with Gasteiger partial charge < -0.3 is 44.8 Å². The summed E-state index contributed by atoms with van der Waals surface area (Å²) in [5, 5.41) is 56.7. The topological polar surface area (TPSA) is 183 Å². The Morgan fingerprint density at radius 1 is 1.04 bits per heavy atom. The maximum atomic E-state index is 11.7. The first-order chi connectivity index (χ1) is 10.8. The number of aliphatic hydroxyl groups excluding tert-OH is 6. The zero-order valence-electron chi connectivity index (χ0n) is 11.8. The predicted octanol–water partition coefficient (Wildman–Crippen LogP) is -4.98. The molecule has 2 rings (SSSR count). The van der Waals surface area contributed by atoms with Crippen molar-refractivity contribution < 1.29 is 54.4 Å². The first kappa shape index (κ1) is 18.2. The number of aliphatic hydroxyl groups is 6. The van der Waals surface area contributed by atoms with Gasteiger partial charge in [-0.1, -0.05) is 0 Å².